The summed E-state index contributed by atoms with van der Waals surface area (Å²) in [5, 5.41) is 3.04. The first-order chi connectivity index (χ1) is 10.1. The summed E-state index contributed by atoms with van der Waals surface area (Å²) < 4.78 is 0. The van der Waals surface area contributed by atoms with Crippen molar-refractivity contribution in [1.82, 2.24) is 10.2 Å². The predicted molar refractivity (Wildman–Crippen MR) is 83.8 cm³/mol. The number of carbonyl (C=O) groups is 2. The molecule has 0 bridgehead atoms. The highest BCUT2D eigenvalue weighted by atomic mass is 16.2. The van der Waals surface area contributed by atoms with Crippen LogP contribution in [0.2, 0.25) is 0 Å². The number of nitrogens with zero attached hydrogens (tertiary/aromatic N) is 1. The second kappa shape index (κ2) is 7.62. The van der Waals surface area contributed by atoms with Crippen LogP contribution in [0.15, 0.2) is 11.6 Å². The van der Waals surface area contributed by atoms with Gasteiger partial charge in [0.2, 0.25) is 11.8 Å². The first-order valence-electron chi connectivity index (χ1n) is 8.30. The standard InChI is InChI=1S/C17H28N2O2/c1-13(2)12-16(20)18-15-8-10-19(11-9-15)17(21)14-6-4-3-5-7-14/h12,14-15H,3-11H2,1-2H3,(H,18,20). The Hall–Kier alpha value is -1.32. The minimum absolute atomic E-state index is 0.00735. The van der Waals surface area contributed by atoms with Crippen molar-refractivity contribution in [2.75, 3.05) is 13.1 Å². The number of hydrogen-bond acceptors (Lipinski definition) is 2. The van der Waals surface area contributed by atoms with Gasteiger partial charge >= 0.3 is 0 Å². The minimum Gasteiger partial charge on any atom is -0.350 e. The zero-order valence-electron chi connectivity index (χ0n) is 13.4. The van der Waals surface area contributed by atoms with Crippen LogP contribution in [-0.4, -0.2) is 35.8 Å². The van der Waals surface area contributed by atoms with Crippen LogP contribution in [0, 0.1) is 5.92 Å². The Bertz CT molecular complexity index is 399. The van der Waals surface area contributed by atoms with E-state index in [1.54, 1.807) is 6.08 Å². The minimum atomic E-state index is -0.00735. The summed E-state index contributed by atoms with van der Waals surface area (Å²) >= 11 is 0. The molecule has 2 rings (SSSR count). The van der Waals surface area contributed by atoms with Crippen LogP contribution in [-0.2, 0) is 9.59 Å². The van der Waals surface area contributed by atoms with E-state index < -0.39 is 0 Å². The molecule has 0 unspecified atom stereocenters. The fourth-order valence-electron chi connectivity index (χ4n) is 3.36. The lowest BCUT2D eigenvalue weighted by Crippen LogP contribution is -2.48. The van der Waals surface area contributed by atoms with Crippen molar-refractivity contribution >= 4 is 11.8 Å². The van der Waals surface area contributed by atoms with E-state index in [1.165, 1.54) is 19.3 Å². The van der Waals surface area contributed by atoms with Crippen LogP contribution in [0.4, 0.5) is 0 Å². The molecule has 1 saturated heterocycles. The van der Waals surface area contributed by atoms with E-state index in [2.05, 4.69) is 5.32 Å². The van der Waals surface area contributed by atoms with Crippen molar-refractivity contribution < 1.29 is 9.59 Å². The van der Waals surface area contributed by atoms with Crippen LogP contribution in [0.1, 0.15) is 58.8 Å². The average Bonchev–Trinajstić information content (AvgIpc) is 2.47. The third-order valence-corrected chi connectivity index (χ3v) is 4.53. The number of likely N-dealkylation sites (tertiary alicyclic amines) is 1. The van der Waals surface area contributed by atoms with Crippen molar-refractivity contribution in [1.29, 1.82) is 0 Å². The van der Waals surface area contributed by atoms with Crippen LogP contribution < -0.4 is 5.32 Å². The van der Waals surface area contributed by atoms with Gasteiger partial charge in [0.1, 0.15) is 0 Å². The Kier molecular flexibility index (Phi) is 5.83. The third kappa shape index (κ3) is 4.87. The highest BCUT2D eigenvalue weighted by molar-refractivity contribution is 5.88. The fourth-order valence-corrected chi connectivity index (χ4v) is 3.36. The van der Waals surface area contributed by atoms with Gasteiger partial charge < -0.3 is 10.2 Å². The molecule has 2 fully saturated rings. The second-order valence-corrected chi connectivity index (χ2v) is 6.66. The molecule has 0 aromatic heterocycles. The molecule has 0 atom stereocenters. The van der Waals surface area contributed by atoms with E-state index in [0.29, 0.717) is 5.91 Å². The lowest BCUT2D eigenvalue weighted by atomic mass is 9.87. The van der Waals surface area contributed by atoms with Gasteiger partial charge in [0.05, 0.1) is 0 Å². The highest BCUT2D eigenvalue weighted by Crippen LogP contribution is 2.26. The highest BCUT2D eigenvalue weighted by Gasteiger charge is 2.29. The van der Waals surface area contributed by atoms with E-state index in [0.717, 1.165) is 44.3 Å². The summed E-state index contributed by atoms with van der Waals surface area (Å²) in [6.45, 7) is 5.42. The maximum Gasteiger partial charge on any atom is 0.244 e. The topological polar surface area (TPSA) is 49.4 Å². The lowest BCUT2D eigenvalue weighted by molar-refractivity contribution is -0.137. The number of piperidine rings is 1. The molecule has 0 aromatic carbocycles. The molecule has 21 heavy (non-hydrogen) atoms. The van der Waals surface area contributed by atoms with Crippen molar-refractivity contribution in [3.63, 3.8) is 0 Å². The maximum absolute atomic E-state index is 12.5. The Morgan fingerprint density at radius 2 is 1.62 bits per heavy atom. The van der Waals surface area contributed by atoms with Crippen LogP contribution in [0.5, 0.6) is 0 Å². The molecular formula is C17H28N2O2. The molecule has 1 heterocycles. The summed E-state index contributed by atoms with van der Waals surface area (Å²) in [5.74, 6) is 0.603. The molecule has 2 aliphatic rings. The average molecular weight is 292 g/mol. The smallest absolute Gasteiger partial charge is 0.244 e. The molecule has 0 spiro atoms. The van der Waals surface area contributed by atoms with Gasteiger partial charge in [0.15, 0.2) is 0 Å². The summed E-state index contributed by atoms with van der Waals surface area (Å²) in [6.07, 6.45) is 9.20. The van der Waals surface area contributed by atoms with E-state index in [-0.39, 0.29) is 17.9 Å². The first-order valence-corrected chi connectivity index (χ1v) is 8.30. The number of allylic oxidation sites excluding steroid dienone is 1. The van der Waals surface area contributed by atoms with Crippen LogP contribution >= 0.6 is 0 Å². The predicted octanol–water partition coefficient (Wildman–Crippen LogP) is 2.64. The van der Waals surface area contributed by atoms with Gasteiger partial charge in [-0.1, -0.05) is 24.8 Å². The van der Waals surface area contributed by atoms with E-state index in [1.807, 2.05) is 18.7 Å². The Balaban J connectivity index is 1.76. The molecule has 0 radical (unpaired) electrons. The number of hydrogen-bond donors (Lipinski definition) is 1. The normalized spacial score (nSPS) is 21.0. The van der Waals surface area contributed by atoms with Gasteiger partial charge in [0.25, 0.3) is 0 Å². The zero-order chi connectivity index (χ0) is 15.2. The molecule has 4 heteroatoms. The quantitative estimate of drug-likeness (QED) is 0.813. The summed E-state index contributed by atoms with van der Waals surface area (Å²) in [5.41, 5.74) is 1.01. The van der Waals surface area contributed by atoms with Crippen molar-refractivity contribution in [2.45, 2.75) is 64.8 Å². The number of rotatable bonds is 3. The van der Waals surface area contributed by atoms with Crippen LogP contribution in [0.25, 0.3) is 0 Å². The lowest BCUT2D eigenvalue weighted by Gasteiger charge is -2.35. The summed E-state index contributed by atoms with van der Waals surface area (Å²) in [6, 6.07) is 0.212. The SMILES string of the molecule is CC(C)=CC(=O)NC1CCN(C(=O)C2CCCCC2)CC1. The largest absolute Gasteiger partial charge is 0.350 e. The van der Waals surface area contributed by atoms with E-state index in [9.17, 15) is 9.59 Å². The molecule has 118 valence electrons. The molecule has 1 saturated carbocycles. The third-order valence-electron chi connectivity index (χ3n) is 4.53. The zero-order valence-corrected chi connectivity index (χ0v) is 13.4. The summed E-state index contributed by atoms with van der Waals surface area (Å²) in [7, 11) is 0. The first kappa shape index (κ1) is 16.1. The Morgan fingerprint density at radius 1 is 1.00 bits per heavy atom. The molecule has 2 amide bonds. The Morgan fingerprint density at radius 3 is 2.19 bits per heavy atom. The molecule has 1 aliphatic heterocycles. The monoisotopic (exact) mass is 292 g/mol. The molecule has 1 N–H and O–H groups in total. The maximum atomic E-state index is 12.5. The number of nitrogens with one attached hydrogen (secondary N) is 1. The van der Waals surface area contributed by atoms with Gasteiger partial charge in [-0.25, -0.2) is 0 Å². The van der Waals surface area contributed by atoms with Gasteiger partial charge in [0, 0.05) is 31.1 Å². The second-order valence-electron chi connectivity index (χ2n) is 6.66. The summed E-state index contributed by atoms with van der Waals surface area (Å²) in [4.78, 5) is 26.2. The fraction of sp³-hybridized carbons (Fsp3) is 0.765. The van der Waals surface area contributed by atoms with Crippen LogP contribution in [0.3, 0.4) is 0 Å². The van der Waals surface area contributed by atoms with Gasteiger partial charge in [-0.3, -0.25) is 9.59 Å². The molecule has 1 aliphatic carbocycles. The molecular weight excluding hydrogens is 264 g/mol. The number of carbonyl (C=O) groups excluding carboxylic acids is 2. The van der Waals surface area contributed by atoms with Crippen molar-refractivity contribution in [3.8, 4) is 0 Å². The van der Waals surface area contributed by atoms with E-state index in [4.69, 9.17) is 0 Å². The van der Waals surface area contributed by atoms with Crippen molar-refractivity contribution in [3.05, 3.63) is 11.6 Å². The van der Waals surface area contributed by atoms with Gasteiger partial charge in [-0.2, -0.15) is 0 Å². The Labute approximate surface area is 128 Å². The van der Waals surface area contributed by atoms with Gasteiger partial charge in [-0.15, -0.1) is 0 Å². The van der Waals surface area contributed by atoms with Gasteiger partial charge in [-0.05, 0) is 39.5 Å². The number of amides is 2. The molecule has 4 nitrogen and oxygen atoms in total. The van der Waals surface area contributed by atoms with Crippen molar-refractivity contribution in [2.24, 2.45) is 5.92 Å². The molecule has 0 aromatic rings. The van der Waals surface area contributed by atoms with E-state index >= 15 is 0 Å².